The second-order valence-corrected chi connectivity index (χ2v) is 5.33. The smallest absolute Gasteiger partial charge is 0.286 e. The first-order chi connectivity index (χ1) is 7.92. The van der Waals surface area contributed by atoms with Crippen molar-refractivity contribution in [3.05, 3.63) is 23.7 Å². The molecule has 1 aromatic heterocycles. The van der Waals surface area contributed by atoms with E-state index >= 15 is 0 Å². The molecule has 6 nitrogen and oxygen atoms in total. The predicted molar refractivity (Wildman–Crippen MR) is 63.0 cm³/mol. The number of rotatable bonds is 6. The third kappa shape index (κ3) is 5.01. The first-order valence-electron chi connectivity index (χ1n) is 5.29. The van der Waals surface area contributed by atoms with Gasteiger partial charge in [0.1, 0.15) is 5.76 Å². The van der Waals surface area contributed by atoms with E-state index in [4.69, 9.17) is 9.56 Å². The van der Waals surface area contributed by atoms with Crippen LogP contribution in [0, 0.1) is 0 Å². The van der Waals surface area contributed by atoms with Crippen molar-refractivity contribution in [1.29, 1.82) is 0 Å². The minimum atomic E-state index is -3.46. The molecule has 1 rings (SSSR count). The van der Waals surface area contributed by atoms with Crippen molar-refractivity contribution in [1.82, 2.24) is 5.32 Å². The Balaban J connectivity index is 2.35. The molecule has 0 radical (unpaired) electrons. The maximum Gasteiger partial charge on any atom is 0.286 e. The van der Waals surface area contributed by atoms with Crippen LogP contribution in [0.3, 0.4) is 0 Å². The molecular weight excluding hydrogens is 244 g/mol. The van der Waals surface area contributed by atoms with Crippen LogP contribution in [-0.4, -0.2) is 26.6 Å². The van der Waals surface area contributed by atoms with E-state index < -0.39 is 10.0 Å². The highest BCUT2D eigenvalue weighted by molar-refractivity contribution is 7.89. The van der Waals surface area contributed by atoms with Crippen LogP contribution in [0.2, 0.25) is 0 Å². The molecule has 0 atom stereocenters. The number of carbonyl (C=O) groups is 1. The first-order valence-corrected chi connectivity index (χ1v) is 7.01. The zero-order valence-electron chi connectivity index (χ0n) is 9.60. The molecule has 7 heteroatoms. The van der Waals surface area contributed by atoms with Crippen LogP contribution in [0.25, 0.3) is 0 Å². The Morgan fingerprint density at radius 1 is 1.47 bits per heavy atom. The maximum absolute atomic E-state index is 11.5. The molecule has 96 valence electrons. The van der Waals surface area contributed by atoms with Crippen LogP contribution in [0.1, 0.15) is 29.7 Å². The van der Waals surface area contributed by atoms with Gasteiger partial charge in [-0.1, -0.05) is 6.92 Å². The SMILES string of the molecule is CCc1ccc(C(=O)NCCCS(N)(=O)=O)o1. The fourth-order valence-corrected chi connectivity index (χ4v) is 1.80. The van der Waals surface area contributed by atoms with Crippen molar-refractivity contribution in [3.63, 3.8) is 0 Å². The molecule has 0 aliphatic carbocycles. The Morgan fingerprint density at radius 3 is 2.71 bits per heavy atom. The largest absolute Gasteiger partial charge is 0.456 e. The van der Waals surface area contributed by atoms with E-state index in [0.717, 1.165) is 12.2 Å². The van der Waals surface area contributed by atoms with Gasteiger partial charge < -0.3 is 9.73 Å². The molecule has 1 heterocycles. The van der Waals surface area contributed by atoms with E-state index in [1.807, 2.05) is 6.92 Å². The lowest BCUT2D eigenvalue weighted by Crippen LogP contribution is -2.27. The number of hydrogen-bond acceptors (Lipinski definition) is 4. The van der Waals surface area contributed by atoms with Crippen LogP contribution in [0.5, 0.6) is 0 Å². The number of hydrogen-bond donors (Lipinski definition) is 2. The third-order valence-electron chi connectivity index (χ3n) is 2.13. The monoisotopic (exact) mass is 260 g/mol. The molecule has 17 heavy (non-hydrogen) atoms. The summed E-state index contributed by atoms with van der Waals surface area (Å²) in [5, 5.41) is 7.38. The zero-order chi connectivity index (χ0) is 12.9. The lowest BCUT2D eigenvalue weighted by molar-refractivity contribution is 0.0924. The number of amides is 1. The fourth-order valence-electron chi connectivity index (χ4n) is 1.25. The van der Waals surface area contributed by atoms with E-state index in [-0.39, 0.29) is 30.4 Å². The number of sulfonamides is 1. The van der Waals surface area contributed by atoms with Gasteiger partial charge in [0, 0.05) is 13.0 Å². The average Bonchev–Trinajstić information content (AvgIpc) is 2.71. The van der Waals surface area contributed by atoms with Crippen LogP contribution in [0.4, 0.5) is 0 Å². The summed E-state index contributed by atoms with van der Waals surface area (Å²) in [4.78, 5) is 11.5. The van der Waals surface area contributed by atoms with Crippen LogP contribution in [-0.2, 0) is 16.4 Å². The second kappa shape index (κ2) is 5.83. The molecule has 0 saturated heterocycles. The minimum absolute atomic E-state index is 0.147. The number of furan rings is 1. The van der Waals surface area contributed by atoms with Gasteiger partial charge in [-0.2, -0.15) is 0 Å². The van der Waals surface area contributed by atoms with Crippen molar-refractivity contribution in [2.24, 2.45) is 5.14 Å². The van der Waals surface area contributed by atoms with Crippen molar-refractivity contribution in [2.45, 2.75) is 19.8 Å². The van der Waals surface area contributed by atoms with Crippen molar-refractivity contribution in [2.75, 3.05) is 12.3 Å². The lowest BCUT2D eigenvalue weighted by atomic mass is 10.3. The molecule has 0 fully saturated rings. The number of aryl methyl sites for hydroxylation is 1. The molecular formula is C10H16N2O4S. The molecule has 3 N–H and O–H groups in total. The molecule has 0 unspecified atom stereocenters. The van der Waals surface area contributed by atoms with E-state index in [1.165, 1.54) is 0 Å². The maximum atomic E-state index is 11.5. The molecule has 0 aliphatic heterocycles. The van der Waals surface area contributed by atoms with E-state index in [0.29, 0.717) is 0 Å². The number of nitrogens with one attached hydrogen (secondary N) is 1. The fraction of sp³-hybridized carbons (Fsp3) is 0.500. The summed E-state index contributed by atoms with van der Waals surface area (Å²) in [6.07, 6.45) is 1.00. The van der Waals surface area contributed by atoms with Gasteiger partial charge in [-0.15, -0.1) is 0 Å². The summed E-state index contributed by atoms with van der Waals surface area (Å²) in [7, 11) is -3.46. The number of nitrogens with two attached hydrogens (primary N) is 1. The topological polar surface area (TPSA) is 102 Å². The Morgan fingerprint density at radius 2 is 2.18 bits per heavy atom. The molecule has 0 saturated carbocycles. The van der Waals surface area contributed by atoms with Gasteiger partial charge in [0.15, 0.2) is 5.76 Å². The average molecular weight is 260 g/mol. The second-order valence-electron chi connectivity index (χ2n) is 3.60. The quantitative estimate of drug-likeness (QED) is 0.716. The van der Waals surface area contributed by atoms with Gasteiger partial charge in [0.05, 0.1) is 5.75 Å². The molecule has 1 amide bonds. The Kier molecular flexibility index (Phi) is 4.71. The van der Waals surface area contributed by atoms with E-state index in [2.05, 4.69) is 5.32 Å². The van der Waals surface area contributed by atoms with Crippen LogP contribution >= 0.6 is 0 Å². The Bertz CT molecular complexity index is 478. The van der Waals surface area contributed by atoms with E-state index in [9.17, 15) is 13.2 Å². The van der Waals surface area contributed by atoms with Gasteiger partial charge in [-0.05, 0) is 18.6 Å². The molecule has 0 spiro atoms. The highest BCUT2D eigenvalue weighted by atomic mass is 32.2. The van der Waals surface area contributed by atoms with Gasteiger partial charge in [0.2, 0.25) is 10.0 Å². The minimum Gasteiger partial charge on any atom is -0.456 e. The summed E-state index contributed by atoms with van der Waals surface area (Å²) < 4.78 is 26.5. The summed E-state index contributed by atoms with van der Waals surface area (Å²) in [6.45, 7) is 2.17. The normalized spacial score (nSPS) is 11.4. The van der Waals surface area contributed by atoms with Crippen molar-refractivity contribution in [3.8, 4) is 0 Å². The lowest BCUT2D eigenvalue weighted by Gasteiger charge is -2.02. The van der Waals surface area contributed by atoms with Gasteiger partial charge in [0.25, 0.3) is 5.91 Å². The summed E-state index contributed by atoms with van der Waals surface area (Å²) in [5.41, 5.74) is 0. The zero-order valence-corrected chi connectivity index (χ0v) is 10.4. The summed E-state index contributed by atoms with van der Waals surface area (Å²) in [6, 6.07) is 3.33. The first kappa shape index (κ1) is 13.7. The van der Waals surface area contributed by atoms with Gasteiger partial charge in [-0.3, -0.25) is 4.79 Å². The van der Waals surface area contributed by atoms with Crippen molar-refractivity contribution >= 4 is 15.9 Å². The molecule has 0 aliphatic rings. The van der Waals surface area contributed by atoms with Crippen LogP contribution in [0.15, 0.2) is 16.5 Å². The molecule has 0 aromatic carbocycles. The predicted octanol–water partition coefficient (Wildman–Crippen LogP) is 0.250. The molecule has 0 bridgehead atoms. The number of primary sulfonamides is 1. The third-order valence-corrected chi connectivity index (χ3v) is 2.98. The highest BCUT2D eigenvalue weighted by Crippen LogP contribution is 2.07. The Labute approximate surface area is 100 Å². The van der Waals surface area contributed by atoms with Crippen molar-refractivity contribution < 1.29 is 17.6 Å². The van der Waals surface area contributed by atoms with E-state index in [1.54, 1.807) is 12.1 Å². The summed E-state index contributed by atoms with van der Waals surface area (Å²) >= 11 is 0. The van der Waals surface area contributed by atoms with Crippen LogP contribution < -0.4 is 10.5 Å². The summed E-state index contributed by atoms with van der Waals surface area (Å²) in [5.74, 6) is 0.474. The molecule has 1 aromatic rings. The van der Waals surface area contributed by atoms with Gasteiger partial charge >= 0.3 is 0 Å². The van der Waals surface area contributed by atoms with Gasteiger partial charge in [-0.25, -0.2) is 13.6 Å². The number of carbonyl (C=O) groups excluding carboxylic acids is 1. The highest BCUT2D eigenvalue weighted by Gasteiger charge is 2.10. The Hall–Kier alpha value is -1.34. The standard InChI is InChI=1S/C10H16N2O4S/c1-2-8-4-5-9(16-8)10(13)12-6-3-7-17(11,14)15/h4-5H,2-3,6-7H2,1H3,(H,12,13)(H2,11,14,15).